The lowest BCUT2D eigenvalue weighted by Crippen LogP contribution is -2.53. The van der Waals surface area contributed by atoms with Crippen LogP contribution >= 0.6 is 0 Å². The summed E-state index contributed by atoms with van der Waals surface area (Å²) in [6.45, 7) is 1.71. The third-order valence-electron chi connectivity index (χ3n) is 5.64. The summed E-state index contributed by atoms with van der Waals surface area (Å²) in [5, 5.41) is 9.51. The Bertz CT molecular complexity index is 718. The molecule has 132 valence electrons. The number of hydrogen-bond donors (Lipinski definition) is 1. The number of hydrogen-bond acceptors (Lipinski definition) is 4. The highest BCUT2D eigenvalue weighted by Crippen LogP contribution is 2.48. The molecule has 2 aliphatic carbocycles. The number of amides is 2. The van der Waals surface area contributed by atoms with Crippen molar-refractivity contribution in [3.63, 3.8) is 0 Å². The van der Waals surface area contributed by atoms with E-state index in [4.69, 9.17) is 4.42 Å². The van der Waals surface area contributed by atoms with Gasteiger partial charge in [-0.3, -0.25) is 14.4 Å². The van der Waals surface area contributed by atoms with Crippen LogP contribution in [0, 0.1) is 23.7 Å². The van der Waals surface area contributed by atoms with Gasteiger partial charge >= 0.3 is 5.97 Å². The van der Waals surface area contributed by atoms with Gasteiger partial charge in [-0.15, -0.1) is 0 Å². The number of fused-ring (bicyclic) bond motifs is 2. The molecule has 7 nitrogen and oxygen atoms in total. The molecule has 4 unspecified atom stereocenters. The Balaban J connectivity index is 1.41. The second-order valence-corrected chi connectivity index (χ2v) is 6.93. The maximum absolute atomic E-state index is 12.9. The van der Waals surface area contributed by atoms with Crippen molar-refractivity contribution in [3.8, 4) is 0 Å². The Kier molecular flexibility index (Phi) is 3.86. The Labute approximate surface area is 144 Å². The van der Waals surface area contributed by atoms with E-state index in [-0.39, 0.29) is 23.7 Å². The molecule has 1 saturated heterocycles. The lowest BCUT2D eigenvalue weighted by Gasteiger charge is -2.37. The molecule has 1 aromatic heterocycles. The summed E-state index contributed by atoms with van der Waals surface area (Å²) in [4.78, 5) is 40.2. The lowest BCUT2D eigenvalue weighted by atomic mass is 9.82. The van der Waals surface area contributed by atoms with E-state index in [1.54, 1.807) is 21.9 Å². The average Bonchev–Trinajstić information content (AvgIpc) is 3.36. The van der Waals surface area contributed by atoms with Crippen molar-refractivity contribution in [1.82, 2.24) is 9.80 Å². The summed E-state index contributed by atoms with van der Waals surface area (Å²) < 4.78 is 5.13. The lowest BCUT2D eigenvalue weighted by molar-refractivity contribution is -0.151. The molecule has 1 aromatic rings. The quantitative estimate of drug-likeness (QED) is 0.829. The van der Waals surface area contributed by atoms with Gasteiger partial charge in [0, 0.05) is 26.2 Å². The molecular formula is C18H20N2O5. The summed E-state index contributed by atoms with van der Waals surface area (Å²) in [6, 6.07) is 3.29. The highest BCUT2D eigenvalue weighted by atomic mass is 16.4. The first kappa shape index (κ1) is 15.9. The van der Waals surface area contributed by atoms with E-state index >= 15 is 0 Å². The Morgan fingerprint density at radius 2 is 1.64 bits per heavy atom. The third kappa shape index (κ3) is 2.63. The van der Waals surface area contributed by atoms with Crippen LogP contribution in [-0.2, 0) is 9.59 Å². The number of allylic oxidation sites excluding steroid dienone is 2. The topological polar surface area (TPSA) is 91.1 Å². The van der Waals surface area contributed by atoms with E-state index in [2.05, 4.69) is 0 Å². The minimum atomic E-state index is -0.887. The normalized spacial score (nSPS) is 30.7. The van der Waals surface area contributed by atoms with E-state index in [0.717, 1.165) is 6.42 Å². The number of carboxylic acids is 1. The number of carboxylic acid groups (broad SMARTS) is 1. The molecule has 2 fully saturated rings. The highest BCUT2D eigenvalue weighted by Gasteiger charge is 2.52. The molecule has 4 atom stereocenters. The molecule has 1 saturated carbocycles. The van der Waals surface area contributed by atoms with Crippen LogP contribution in [0.3, 0.4) is 0 Å². The van der Waals surface area contributed by atoms with Crippen LogP contribution in [-0.4, -0.2) is 58.9 Å². The van der Waals surface area contributed by atoms with Crippen molar-refractivity contribution in [2.45, 2.75) is 6.42 Å². The van der Waals surface area contributed by atoms with Crippen molar-refractivity contribution in [2.75, 3.05) is 26.2 Å². The van der Waals surface area contributed by atoms with Gasteiger partial charge in [0.1, 0.15) is 0 Å². The second kappa shape index (κ2) is 6.06. The summed E-state index contributed by atoms with van der Waals surface area (Å²) in [5.74, 6) is -1.95. The number of nitrogens with zero attached hydrogens (tertiary/aromatic N) is 2. The smallest absolute Gasteiger partial charge is 0.307 e. The number of piperazine rings is 1. The summed E-state index contributed by atoms with van der Waals surface area (Å²) >= 11 is 0. The number of furan rings is 1. The maximum Gasteiger partial charge on any atom is 0.307 e. The largest absolute Gasteiger partial charge is 0.481 e. The molecule has 0 spiro atoms. The molecule has 1 aliphatic heterocycles. The number of carbonyl (C=O) groups excluding carboxylic acids is 2. The van der Waals surface area contributed by atoms with Gasteiger partial charge in [0.15, 0.2) is 5.76 Å². The SMILES string of the molecule is O=C(O)C1C2C=CC(C2)C1C(=O)N1CCN(C(=O)c2ccco2)CC1. The van der Waals surface area contributed by atoms with Crippen LogP contribution in [0.4, 0.5) is 0 Å². The van der Waals surface area contributed by atoms with Crippen LogP contribution in [0.15, 0.2) is 35.0 Å². The molecule has 0 aromatic carbocycles. The second-order valence-electron chi connectivity index (χ2n) is 6.93. The van der Waals surface area contributed by atoms with Gasteiger partial charge in [-0.05, 0) is 30.4 Å². The number of carbonyl (C=O) groups is 3. The minimum absolute atomic E-state index is 0.0291. The average molecular weight is 344 g/mol. The van der Waals surface area contributed by atoms with Crippen LogP contribution < -0.4 is 0 Å². The van der Waals surface area contributed by atoms with Gasteiger partial charge in [0.05, 0.1) is 18.1 Å². The first-order chi connectivity index (χ1) is 12.1. The minimum Gasteiger partial charge on any atom is -0.481 e. The first-order valence-electron chi connectivity index (χ1n) is 8.59. The van der Waals surface area contributed by atoms with Crippen molar-refractivity contribution in [2.24, 2.45) is 23.7 Å². The van der Waals surface area contributed by atoms with Crippen LogP contribution in [0.2, 0.25) is 0 Å². The summed E-state index contributed by atoms with van der Waals surface area (Å²) in [7, 11) is 0. The number of rotatable bonds is 3. The molecule has 2 bridgehead atoms. The monoisotopic (exact) mass is 344 g/mol. The molecular weight excluding hydrogens is 324 g/mol. The third-order valence-corrected chi connectivity index (χ3v) is 5.64. The zero-order valence-electron chi connectivity index (χ0n) is 13.7. The van der Waals surface area contributed by atoms with E-state index in [9.17, 15) is 19.5 Å². The van der Waals surface area contributed by atoms with Gasteiger partial charge in [0.25, 0.3) is 5.91 Å². The van der Waals surface area contributed by atoms with Gasteiger partial charge < -0.3 is 19.3 Å². The Hall–Kier alpha value is -2.57. The number of aliphatic carboxylic acids is 1. The predicted molar refractivity (Wildman–Crippen MR) is 86.5 cm³/mol. The molecule has 2 amide bonds. The molecule has 3 aliphatic rings. The van der Waals surface area contributed by atoms with E-state index in [0.29, 0.717) is 31.9 Å². The zero-order chi connectivity index (χ0) is 17.6. The molecule has 2 heterocycles. The first-order valence-corrected chi connectivity index (χ1v) is 8.59. The van der Waals surface area contributed by atoms with Crippen molar-refractivity contribution >= 4 is 17.8 Å². The molecule has 1 N–H and O–H groups in total. The van der Waals surface area contributed by atoms with Crippen molar-refractivity contribution in [3.05, 3.63) is 36.3 Å². The fourth-order valence-corrected chi connectivity index (χ4v) is 4.39. The molecule has 25 heavy (non-hydrogen) atoms. The van der Waals surface area contributed by atoms with Crippen LogP contribution in [0.1, 0.15) is 17.0 Å². The van der Waals surface area contributed by atoms with Gasteiger partial charge in [0.2, 0.25) is 5.91 Å². The summed E-state index contributed by atoms with van der Waals surface area (Å²) in [6.07, 6.45) is 6.14. The standard InChI is InChI=1S/C18H20N2O5/c21-16(13-2-1-9-25-13)19-5-7-20(8-6-19)17(22)14-11-3-4-12(10-11)15(14)18(23)24/h1-4,9,11-12,14-15H,5-8,10H2,(H,23,24). The summed E-state index contributed by atoms with van der Waals surface area (Å²) in [5.41, 5.74) is 0. The highest BCUT2D eigenvalue weighted by molar-refractivity contribution is 5.92. The Morgan fingerprint density at radius 1 is 1.00 bits per heavy atom. The van der Waals surface area contributed by atoms with Crippen molar-refractivity contribution < 1.29 is 23.9 Å². The molecule has 4 rings (SSSR count). The zero-order valence-corrected chi connectivity index (χ0v) is 13.7. The fraction of sp³-hybridized carbons (Fsp3) is 0.500. The Morgan fingerprint density at radius 3 is 2.24 bits per heavy atom. The van der Waals surface area contributed by atoms with Gasteiger partial charge in [-0.2, -0.15) is 0 Å². The van der Waals surface area contributed by atoms with Crippen LogP contribution in [0.5, 0.6) is 0 Å². The predicted octanol–water partition coefficient (Wildman–Crippen LogP) is 1.09. The van der Waals surface area contributed by atoms with E-state index < -0.39 is 17.8 Å². The van der Waals surface area contributed by atoms with E-state index in [1.165, 1.54) is 6.26 Å². The molecule has 7 heteroatoms. The van der Waals surface area contributed by atoms with Crippen molar-refractivity contribution in [1.29, 1.82) is 0 Å². The van der Waals surface area contributed by atoms with Gasteiger partial charge in [-0.25, -0.2) is 0 Å². The van der Waals surface area contributed by atoms with Crippen LogP contribution in [0.25, 0.3) is 0 Å². The van der Waals surface area contributed by atoms with Gasteiger partial charge in [-0.1, -0.05) is 12.2 Å². The maximum atomic E-state index is 12.9. The van der Waals surface area contributed by atoms with E-state index in [1.807, 2.05) is 12.2 Å². The molecule has 0 radical (unpaired) electrons. The fourth-order valence-electron chi connectivity index (χ4n) is 4.39.